The van der Waals surface area contributed by atoms with E-state index in [4.69, 9.17) is 49.1 Å². The molecule has 6 aromatic heterocycles. The predicted molar refractivity (Wildman–Crippen MR) is 309 cm³/mol. The molecule has 0 atom stereocenters. The first-order valence-corrected chi connectivity index (χ1v) is 27.3. The molecule has 84 heavy (non-hydrogen) atoms. The van der Waals surface area contributed by atoms with Crippen molar-refractivity contribution >= 4 is 56.9 Å². The van der Waals surface area contributed by atoms with Crippen molar-refractivity contribution in [3.63, 3.8) is 0 Å². The number of anilines is 4. The monoisotopic (exact) mass is 1140 g/mol. The first kappa shape index (κ1) is 55.9. The third-order valence-corrected chi connectivity index (χ3v) is 13.7. The molecule has 2 saturated heterocycles. The van der Waals surface area contributed by atoms with Crippen LogP contribution in [0.5, 0.6) is 34.8 Å². The molecule has 26 nitrogen and oxygen atoms in total. The molecule has 0 aliphatic carbocycles. The zero-order valence-electron chi connectivity index (χ0n) is 46.1. The lowest BCUT2D eigenvalue weighted by molar-refractivity contribution is 0.0321. The summed E-state index contributed by atoms with van der Waals surface area (Å²) in [7, 11) is 0. The number of aryl methyl sites for hydroxylation is 2. The smallest absolute Gasteiger partial charge is 0.255 e. The number of aromatic nitrogens is 10. The van der Waals surface area contributed by atoms with E-state index >= 15 is 0 Å². The molecule has 0 radical (unpaired) electrons. The van der Waals surface area contributed by atoms with Gasteiger partial charge in [0.2, 0.25) is 11.8 Å². The second-order valence-corrected chi connectivity index (χ2v) is 19.2. The van der Waals surface area contributed by atoms with Crippen molar-refractivity contribution in [3.8, 4) is 57.8 Å². The van der Waals surface area contributed by atoms with Gasteiger partial charge in [0.15, 0.2) is 34.7 Å². The number of nitrogen functional groups attached to an aromatic ring is 2. The quantitative estimate of drug-likeness (QED) is 0.0568. The van der Waals surface area contributed by atoms with Gasteiger partial charge in [-0.3, -0.25) is 19.4 Å². The Morgan fingerprint density at radius 3 is 1.33 bits per heavy atom. The number of rotatable bonds is 20. The van der Waals surface area contributed by atoms with E-state index in [1.165, 1.54) is 0 Å². The fraction of sp³-hybridized carbons (Fsp3) is 0.276. The minimum absolute atomic E-state index is 0.159. The molecular weight excluding hydrogens is 1080 g/mol. The number of benzene rings is 4. The van der Waals surface area contributed by atoms with Crippen LogP contribution in [0.15, 0.2) is 131 Å². The highest BCUT2D eigenvalue weighted by molar-refractivity contribution is 6.05. The number of imidazole rings is 2. The number of nitrogens with zero attached hydrogens (tertiary/aromatic N) is 12. The molecule has 10 aromatic rings. The summed E-state index contributed by atoms with van der Waals surface area (Å²) in [5.74, 6) is 4.08. The van der Waals surface area contributed by atoms with Gasteiger partial charge in [0, 0.05) is 99.1 Å². The van der Waals surface area contributed by atoms with Crippen LogP contribution in [-0.4, -0.2) is 150 Å². The second kappa shape index (κ2) is 26.3. The van der Waals surface area contributed by atoms with Gasteiger partial charge in [0.1, 0.15) is 47.2 Å². The van der Waals surface area contributed by atoms with Crippen molar-refractivity contribution in [1.29, 1.82) is 0 Å². The minimum Gasteiger partial charge on any atom is -0.492 e. The van der Waals surface area contributed by atoms with E-state index in [2.05, 4.69) is 61.0 Å². The SMILES string of the molecule is CCn1c(-c2nonc2N)nc2cnc(Oc3cccc(NC(=O)c4ccc(OCCN5CCOCC5)cc4)c3)cc21.CCn1c(-c2nonc2N)nc2cnc(Oc3cccc(NC(=O)c4ccc(OCCN5CCOCC5)cc4)c3)cc21. The molecule has 0 bridgehead atoms. The molecule has 2 aliphatic rings. The number of carbonyl (C=O) groups excluding carboxylic acids is 2. The van der Waals surface area contributed by atoms with Crippen LogP contribution >= 0.6 is 0 Å². The second-order valence-electron chi connectivity index (χ2n) is 19.2. The first-order valence-electron chi connectivity index (χ1n) is 27.3. The highest BCUT2D eigenvalue weighted by atomic mass is 16.6. The number of amides is 2. The maximum atomic E-state index is 12.9. The summed E-state index contributed by atoms with van der Waals surface area (Å²) in [6.07, 6.45) is 3.23. The number of hydrogen-bond acceptors (Lipinski definition) is 22. The van der Waals surface area contributed by atoms with E-state index in [0.717, 1.165) is 88.2 Å². The molecule has 2 amide bonds. The molecule has 0 spiro atoms. The summed E-state index contributed by atoms with van der Waals surface area (Å²) in [5, 5.41) is 20.9. The average Bonchev–Trinajstić information content (AvgIpc) is 3.08. The lowest BCUT2D eigenvalue weighted by atomic mass is 10.2. The summed E-state index contributed by atoms with van der Waals surface area (Å²) in [5.41, 5.74) is 17.6. The largest absolute Gasteiger partial charge is 0.492 e. The Labute approximate surface area is 480 Å². The first-order chi connectivity index (χ1) is 41.1. The Kier molecular flexibility index (Phi) is 17.5. The molecule has 26 heteroatoms. The number of hydrogen-bond donors (Lipinski definition) is 4. The molecule has 2 aliphatic heterocycles. The van der Waals surface area contributed by atoms with Crippen molar-refractivity contribution in [2.45, 2.75) is 26.9 Å². The van der Waals surface area contributed by atoms with Crippen LogP contribution < -0.4 is 41.0 Å². The molecule has 0 saturated carbocycles. The van der Waals surface area contributed by atoms with Gasteiger partial charge in [0.25, 0.3) is 11.8 Å². The number of ether oxygens (including phenoxy) is 6. The summed E-state index contributed by atoms with van der Waals surface area (Å²) in [4.78, 5) is 48.4. The molecule has 12 rings (SSSR count). The minimum atomic E-state index is -0.243. The Bertz CT molecular complexity index is 3600. The number of morpholine rings is 2. The normalized spacial score (nSPS) is 13.7. The molecule has 0 unspecified atom stereocenters. The van der Waals surface area contributed by atoms with E-state index in [1.807, 2.05) is 23.0 Å². The lowest BCUT2D eigenvalue weighted by Gasteiger charge is -2.26. The summed E-state index contributed by atoms with van der Waals surface area (Å²) < 4.78 is 47.8. The molecule has 6 N–H and O–H groups in total. The van der Waals surface area contributed by atoms with E-state index < -0.39 is 0 Å². The van der Waals surface area contributed by atoms with Crippen molar-refractivity contribution in [2.24, 2.45) is 0 Å². The van der Waals surface area contributed by atoms with Gasteiger partial charge in [-0.2, -0.15) is 0 Å². The van der Waals surface area contributed by atoms with E-state index in [1.54, 1.807) is 122 Å². The van der Waals surface area contributed by atoms with Crippen LogP contribution in [0.2, 0.25) is 0 Å². The lowest BCUT2D eigenvalue weighted by Crippen LogP contribution is -2.38. The van der Waals surface area contributed by atoms with Crippen molar-refractivity contribution < 1.29 is 47.3 Å². The Morgan fingerprint density at radius 2 is 0.952 bits per heavy atom. The number of fused-ring (bicyclic) bond motifs is 2. The third-order valence-electron chi connectivity index (χ3n) is 13.7. The molecule has 4 aromatic carbocycles. The molecule has 432 valence electrons. The van der Waals surface area contributed by atoms with E-state index in [-0.39, 0.29) is 23.5 Å². The summed E-state index contributed by atoms with van der Waals surface area (Å²) in [6, 6.07) is 32.0. The number of pyridine rings is 2. The Balaban J connectivity index is 0.000000175. The topological polar surface area (TPSA) is 311 Å². The zero-order chi connectivity index (χ0) is 57.8. The van der Waals surface area contributed by atoms with Crippen LogP contribution in [0.1, 0.15) is 34.6 Å². The van der Waals surface area contributed by atoms with Gasteiger partial charge in [-0.05, 0) is 107 Å². The van der Waals surface area contributed by atoms with Gasteiger partial charge in [-0.25, -0.2) is 29.2 Å². The summed E-state index contributed by atoms with van der Waals surface area (Å²) >= 11 is 0. The molecule has 2 fully saturated rings. The fourth-order valence-electron chi connectivity index (χ4n) is 9.40. The average molecular weight is 1140 g/mol. The number of carbonyl (C=O) groups is 2. The van der Waals surface area contributed by atoms with Crippen LogP contribution in [0.4, 0.5) is 23.0 Å². The van der Waals surface area contributed by atoms with Gasteiger partial charge in [0.05, 0.1) is 49.9 Å². The third kappa shape index (κ3) is 13.5. The Morgan fingerprint density at radius 1 is 0.536 bits per heavy atom. The van der Waals surface area contributed by atoms with Crippen molar-refractivity contribution in [1.82, 2.24) is 59.5 Å². The predicted octanol–water partition coefficient (Wildman–Crippen LogP) is 7.68. The van der Waals surface area contributed by atoms with Gasteiger partial charge >= 0.3 is 0 Å². The fourth-order valence-corrected chi connectivity index (χ4v) is 9.40. The van der Waals surface area contributed by atoms with Crippen LogP contribution in [0.3, 0.4) is 0 Å². The van der Waals surface area contributed by atoms with Gasteiger partial charge in [-0.1, -0.05) is 12.1 Å². The maximum absolute atomic E-state index is 12.9. The van der Waals surface area contributed by atoms with E-state index in [0.29, 0.717) is 106 Å². The van der Waals surface area contributed by atoms with Crippen LogP contribution in [0, 0.1) is 0 Å². The summed E-state index contributed by atoms with van der Waals surface area (Å²) in [6.45, 7) is 14.7. The van der Waals surface area contributed by atoms with Crippen LogP contribution in [0.25, 0.3) is 45.1 Å². The van der Waals surface area contributed by atoms with E-state index in [9.17, 15) is 9.59 Å². The highest BCUT2D eigenvalue weighted by Gasteiger charge is 2.22. The van der Waals surface area contributed by atoms with Crippen molar-refractivity contribution in [3.05, 3.63) is 133 Å². The number of nitrogens with one attached hydrogen (secondary N) is 2. The number of nitrogens with two attached hydrogens (primary N) is 2. The van der Waals surface area contributed by atoms with Gasteiger partial charge < -0.3 is 59.7 Å². The van der Waals surface area contributed by atoms with Crippen molar-refractivity contribution in [2.75, 3.05) is 101 Å². The van der Waals surface area contributed by atoms with Crippen LogP contribution in [-0.2, 0) is 22.6 Å². The van der Waals surface area contributed by atoms with Gasteiger partial charge in [-0.15, -0.1) is 0 Å². The zero-order valence-corrected chi connectivity index (χ0v) is 46.1. The molecular formula is C58H60N16O10. The maximum Gasteiger partial charge on any atom is 0.255 e. The Hall–Kier alpha value is -10.0. The standard InChI is InChI=1S/2C29H30N8O5/c2*1-2-37-24-17-25(31-18-23(24)33-28(37)26-27(30)35-42-34-26)41-22-5-3-4-20(16-22)32-29(38)19-6-8-21(9-7-19)40-15-12-36-10-13-39-14-11-36/h2*3-9,16-18H,2,10-15H2,1H3,(H2,30,35)(H,32,38). The molecule has 8 heterocycles. The highest BCUT2D eigenvalue weighted by Crippen LogP contribution is 2.32.